The summed E-state index contributed by atoms with van der Waals surface area (Å²) in [7, 11) is 0. The van der Waals surface area contributed by atoms with Crippen LogP contribution in [0.15, 0.2) is 66.9 Å². The van der Waals surface area contributed by atoms with Crippen LogP contribution in [0.3, 0.4) is 0 Å². The van der Waals surface area contributed by atoms with Gasteiger partial charge in [-0.3, -0.25) is 9.69 Å². The summed E-state index contributed by atoms with van der Waals surface area (Å²) in [6.45, 7) is 7.93. The first kappa shape index (κ1) is 26.2. The average Bonchev–Trinajstić information content (AvgIpc) is 2.93. The molecular formula is C31H36FN3O3. The Balaban J connectivity index is 1.35. The molecule has 6 nitrogen and oxygen atoms in total. The number of nitrogens with zero attached hydrogens (tertiary/aromatic N) is 3. The lowest BCUT2D eigenvalue weighted by Crippen LogP contribution is -2.47. The van der Waals surface area contributed by atoms with Crippen molar-refractivity contribution in [3.05, 3.63) is 83.8 Å². The first-order valence-electron chi connectivity index (χ1n) is 13.5. The SMILES string of the molecule is CC1(C)CCCN(C2CCN(C(=O)c3ccccc3F)CC2)Cc2cccnc2Oc2ccccc2OC1. The number of hydrogen-bond donors (Lipinski definition) is 0. The van der Waals surface area contributed by atoms with E-state index in [9.17, 15) is 9.18 Å². The molecule has 200 valence electrons. The maximum absolute atomic E-state index is 14.2. The minimum absolute atomic E-state index is 0.00742. The summed E-state index contributed by atoms with van der Waals surface area (Å²) in [5.74, 6) is 1.28. The molecule has 0 bridgehead atoms. The molecule has 3 aromatic rings. The predicted octanol–water partition coefficient (Wildman–Crippen LogP) is 6.32. The number of ether oxygens (including phenoxy) is 2. The lowest BCUT2D eigenvalue weighted by Gasteiger charge is -2.39. The standard InChI is InChI=1S/C31H36FN3O3/c1-31(2)16-8-18-35(24-14-19-34(20-15-24)30(36)25-10-3-4-11-26(25)32)21-23-9-7-17-33-29(23)38-28-13-6-5-12-27(28)37-22-31/h3-7,9-13,17,24H,8,14-16,18-22H2,1-2H3. The Morgan fingerprint density at radius 2 is 1.71 bits per heavy atom. The summed E-state index contributed by atoms with van der Waals surface area (Å²) in [5.41, 5.74) is 1.17. The Morgan fingerprint density at radius 1 is 0.974 bits per heavy atom. The molecule has 0 atom stereocenters. The van der Waals surface area contributed by atoms with E-state index in [0.29, 0.717) is 43.9 Å². The van der Waals surface area contributed by atoms with Crippen molar-refractivity contribution in [2.24, 2.45) is 5.41 Å². The molecule has 2 aromatic carbocycles. The number of para-hydroxylation sites is 2. The van der Waals surface area contributed by atoms with Crippen LogP contribution in [0.2, 0.25) is 0 Å². The van der Waals surface area contributed by atoms with E-state index in [4.69, 9.17) is 9.47 Å². The van der Waals surface area contributed by atoms with Crippen molar-refractivity contribution in [1.29, 1.82) is 0 Å². The van der Waals surface area contributed by atoms with Crippen molar-refractivity contribution in [3.63, 3.8) is 0 Å². The molecule has 0 spiro atoms. The normalized spacial score (nSPS) is 19.0. The summed E-state index contributed by atoms with van der Waals surface area (Å²) in [6, 6.07) is 18.3. The van der Waals surface area contributed by atoms with Crippen LogP contribution >= 0.6 is 0 Å². The van der Waals surface area contributed by atoms with E-state index >= 15 is 0 Å². The van der Waals surface area contributed by atoms with E-state index < -0.39 is 5.82 Å². The monoisotopic (exact) mass is 517 g/mol. The molecule has 3 heterocycles. The summed E-state index contributed by atoms with van der Waals surface area (Å²) < 4.78 is 26.8. The third-order valence-corrected chi connectivity index (χ3v) is 7.57. The molecule has 0 N–H and O–H groups in total. The fourth-order valence-electron chi connectivity index (χ4n) is 5.35. The van der Waals surface area contributed by atoms with Gasteiger partial charge in [-0.2, -0.15) is 0 Å². The van der Waals surface area contributed by atoms with E-state index in [1.54, 1.807) is 29.3 Å². The Bertz CT molecular complexity index is 1260. The number of halogens is 1. The molecule has 0 aliphatic carbocycles. The average molecular weight is 518 g/mol. The lowest BCUT2D eigenvalue weighted by atomic mass is 9.88. The van der Waals surface area contributed by atoms with Crippen molar-refractivity contribution in [3.8, 4) is 17.4 Å². The second-order valence-electron chi connectivity index (χ2n) is 11.0. The zero-order valence-corrected chi connectivity index (χ0v) is 22.2. The molecule has 0 unspecified atom stereocenters. The van der Waals surface area contributed by atoms with Gasteiger partial charge in [0.2, 0.25) is 5.88 Å². The maximum atomic E-state index is 14.2. The highest BCUT2D eigenvalue weighted by atomic mass is 19.1. The third-order valence-electron chi connectivity index (χ3n) is 7.57. The van der Waals surface area contributed by atoms with Crippen LogP contribution in [0.4, 0.5) is 4.39 Å². The zero-order chi connectivity index (χ0) is 26.5. The van der Waals surface area contributed by atoms with E-state index in [-0.39, 0.29) is 16.9 Å². The van der Waals surface area contributed by atoms with Gasteiger partial charge < -0.3 is 14.4 Å². The maximum Gasteiger partial charge on any atom is 0.256 e. The molecule has 38 heavy (non-hydrogen) atoms. The number of carbonyl (C=O) groups excluding carboxylic acids is 1. The molecule has 1 fully saturated rings. The number of rotatable bonds is 2. The molecule has 0 saturated carbocycles. The van der Waals surface area contributed by atoms with Gasteiger partial charge in [0.05, 0.1) is 12.2 Å². The highest BCUT2D eigenvalue weighted by Gasteiger charge is 2.30. The van der Waals surface area contributed by atoms with Crippen LogP contribution in [-0.4, -0.2) is 53.0 Å². The van der Waals surface area contributed by atoms with Crippen LogP contribution in [-0.2, 0) is 6.54 Å². The van der Waals surface area contributed by atoms with Crippen molar-refractivity contribution < 1.29 is 18.7 Å². The van der Waals surface area contributed by atoms with Crippen molar-refractivity contribution in [2.75, 3.05) is 26.2 Å². The van der Waals surface area contributed by atoms with Crippen LogP contribution < -0.4 is 9.47 Å². The molecular weight excluding hydrogens is 481 g/mol. The summed E-state index contributed by atoms with van der Waals surface area (Å²) in [6.07, 6.45) is 5.48. The van der Waals surface area contributed by atoms with Gasteiger partial charge in [-0.1, -0.05) is 44.2 Å². The minimum Gasteiger partial charge on any atom is -0.489 e. The Hall–Kier alpha value is -3.45. The zero-order valence-electron chi connectivity index (χ0n) is 22.2. The number of piperidine rings is 1. The molecule has 2 aliphatic rings. The molecule has 2 aliphatic heterocycles. The van der Waals surface area contributed by atoms with Gasteiger partial charge in [0.1, 0.15) is 5.82 Å². The van der Waals surface area contributed by atoms with Gasteiger partial charge >= 0.3 is 0 Å². The van der Waals surface area contributed by atoms with Crippen LogP contribution in [0, 0.1) is 11.2 Å². The molecule has 1 amide bonds. The number of aromatic nitrogens is 1. The second kappa shape index (κ2) is 11.5. The number of fused-ring (bicyclic) bond motifs is 2. The number of amides is 1. The van der Waals surface area contributed by atoms with Crippen LogP contribution in [0.1, 0.15) is 55.5 Å². The van der Waals surface area contributed by atoms with E-state index in [2.05, 4.69) is 29.8 Å². The first-order valence-corrected chi connectivity index (χ1v) is 13.5. The number of benzene rings is 2. The topological polar surface area (TPSA) is 54.9 Å². The Labute approximate surface area is 224 Å². The summed E-state index contributed by atoms with van der Waals surface area (Å²) in [5, 5.41) is 0. The van der Waals surface area contributed by atoms with Gasteiger partial charge in [-0.25, -0.2) is 9.37 Å². The second-order valence-corrected chi connectivity index (χ2v) is 11.0. The summed E-state index contributed by atoms with van der Waals surface area (Å²) in [4.78, 5) is 21.8. The fraction of sp³-hybridized carbons (Fsp3) is 0.419. The van der Waals surface area contributed by atoms with Crippen LogP contribution in [0.5, 0.6) is 17.4 Å². The number of likely N-dealkylation sites (tertiary alicyclic amines) is 1. The molecule has 5 rings (SSSR count). The lowest BCUT2D eigenvalue weighted by molar-refractivity contribution is 0.0590. The highest BCUT2D eigenvalue weighted by Crippen LogP contribution is 2.35. The van der Waals surface area contributed by atoms with Crippen LogP contribution in [0.25, 0.3) is 0 Å². The van der Waals surface area contributed by atoms with Gasteiger partial charge in [-0.15, -0.1) is 0 Å². The van der Waals surface area contributed by atoms with E-state index in [1.807, 2.05) is 30.3 Å². The quantitative estimate of drug-likeness (QED) is 0.398. The largest absolute Gasteiger partial charge is 0.489 e. The third kappa shape index (κ3) is 6.16. The van der Waals surface area contributed by atoms with Gasteiger partial charge in [0.25, 0.3) is 5.91 Å². The molecule has 7 heteroatoms. The van der Waals surface area contributed by atoms with Crippen molar-refractivity contribution in [2.45, 2.75) is 52.1 Å². The Kier molecular flexibility index (Phi) is 7.93. The number of hydrogen-bond acceptors (Lipinski definition) is 5. The molecule has 0 radical (unpaired) electrons. The smallest absolute Gasteiger partial charge is 0.256 e. The van der Waals surface area contributed by atoms with Gasteiger partial charge in [0, 0.05) is 37.4 Å². The number of carbonyl (C=O) groups is 1. The molecule has 1 aromatic heterocycles. The number of pyridine rings is 1. The predicted molar refractivity (Wildman–Crippen MR) is 145 cm³/mol. The minimum atomic E-state index is -0.462. The first-order chi connectivity index (χ1) is 18.4. The highest BCUT2D eigenvalue weighted by molar-refractivity contribution is 5.94. The van der Waals surface area contributed by atoms with Crippen molar-refractivity contribution in [1.82, 2.24) is 14.8 Å². The van der Waals surface area contributed by atoms with E-state index in [0.717, 1.165) is 43.5 Å². The molecule has 1 saturated heterocycles. The summed E-state index contributed by atoms with van der Waals surface area (Å²) >= 11 is 0. The van der Waals surface area contributed by atoms with Gasteiger partial charge in [0.15, 0.2) is 11.5 Å². The van der Waals surface area contributed by atoms with Gasteiger partial charge in [-0.05, 0) is 68.0 Å². The Morgan fingerprint density at radius 3 is 2.50 bits per heavy atom. The van der Waals surface area contributed by atoms with E-state index in [1.165, 1.54) is 6.07 Å². The van der Waals surface area contributed by atoms with Crippen molar-refractivity contribution >= 4 is 5.91 Å². The fourth-order valence-corrected chi connectivity index (χ4v) is 5.35.